The molecule has 0 radical (unpaired) electrons. The molecular weight excluding hydrogens is 613 g/mol. The lowest BCUT2D eigenvalue weighted by Crippen LogP contribution is -2.15. The maximum absolute atomic E-state index is 2.50. The summed E-state index contributed by atoms with van der Waals surface area (Å²) >= 11 is 0. The van der Waals surface area contributed by atoms with Gasteiger partial charge >= 0.3 is 0 Å². The van der Waals surface area contributed by atoms with Crippen molar-refractivity contribution in [3.05, 3.63) is 181 Å². The van der Waals surface area contributed by atoms with Crippen molar-refractivity contribution in [1.29, 1.82) is 0 Å². The Morgan fingerprint density at radius 2 is 0.725 bits per heavy atom. The summed E-state index contributed by atoms with van der Waals surface area (Å²) in [4.78, 5) is 0. The zero-order valence-corrected chi connectivity index (χ0v) is 28.7. The molecule has 0 amide bonds. The van der Waals surface area contributed by atoms with Gasteiger partial charge in [-0.05, 0) is 121 Å². The van der Waals surface area contributed by atoms with Gasteiger partial charge < -0.3 is 0 Å². The predicted octanol–water partition coefficient (Wildman–Crippen LogP) is 14.2. The Kier molecular flexibility index (Phi) is 5.82. The van der Waals surface area contributed by atoms with E-state index in [2.05, 4.69) is 184 Å². The zero-order valence-electron chi connectivity index (χ0n) is 28.7. The lowest BCUT2D eigenvalue weighted by molar-refractivity contribution is 0.666. The van der Waals surface area contributed by atoms with Gasteiger partial charge in [0.15, 0.2) is 0 Å². The van der Waals surface area contributed by atoms with Crippen LogP contribution in [0.2, 0.25) is 0 Å². The molecule has 0 nitrogen and oxygen atoms in total. The first kappa shape index (κ1) is 28.6. The van der Waals surface area contributed by atoms with Gasteiger partial charge in [0.1, 0.15) is 0 Å². The highest BCUT2D eigenvalue weighted by atomic mass is 14.4. The highest BCUT2D eigenvalue weighted by Crippen LogP contribution is 2.56. The topological polar surface area (TPSA) is 0 Å². The van der Waals surface area contributed by atoms with Crippen LogP contribution in [-0.2, 0) is 5.41 Å². The van der Waals surface area contributed by atoms with Crippen LogP contribution in [0.3, 0.4) is 0 Å². The van der Waals surface area contributed by atoms with E-state index in [9.17, 15) is 0 Å². The van der Waals surface area contributed by atoms with E-state index in [4.69, 9.17) is 0 Å². The number of rotatable bonds is 2. The van der Waals surface area contributed by atoms with Crippen LogP contribution in [0.5, 0.6) is 0 Å². The average Bonchev–Trinajstić information content (AvgIpc) is 3.42. The van der Waals surface area contributed by atoms with Gasteiger partial charge in [-0.3, -0.25) is 0 Å². The summed E-state index contributed by atoms with van der Waals surface area (Å²) < 4.78 is 0. The monoisotopic (exact) mass is 646 g/mol. The molecule has 0 spiro atoms. The Hall–Kier alpha value is -6.24. The molecule has 0 saturated carbocycles. The van der Waals surface area contributed by atoms with Crippen LogP contribution in [0.4, 0.5) is 0 Å². The Balaban J connectivity index is 1.21. The van der Waals surface area contributed by atoms with Gasteiger partial charge in [-0.1, -0.05) is 172 Å². The second kappa shape index (κ2) is 10.4. The number of fused-ring (bicyclic) bond motifs is 13. The summed E-state index contributed by atoms with van der Waals surface area (Å²) in [6, 6.07) is 63.6. The summed E-state index contributed by atoms with van der Waals surface area (Å²) in [6.07, 6.45) is 0. The minimum absolute atomic E-state index is 0.124. The Bertz CT molecular complexity index is 3050. The third-order valence-electron chi connectivity index (χ3n) is 11.8. The molecule has 51 heavy (non-hydrogen) atoms. The molecule has 0 bridgehead atoms. The molecule has 11 rings (SSSR count). The van der Waals surface area contributed by atoms with Crippen molar-refractivity contribution in [2.24, 2.45) is 0 Å². The van der Waals surface area contributed by atoms with Crippen LogP contribution < -0.4 is 0 Å². The molecule has 0 aliphatic heterocycles. The first-order valence-electron chi connectivity index (χ1n) is 18.0. The third-order valence-corrected chi connectivity index (χ3v) is 11.8. The predicted molar refractivity (Wildman–Crippen MR) is 220 cm³/mol. The van der Waals surface area contributed by atoms with Gasteiger partial charge in [-0.25, -0.2) is 0 Å². The second-order valence-electron chi connectivity index (χ2n) is 14.8. The molecule has 1 aliphatic carbocycles. The fourth-order valence-corrected chi connectivity index (χ4v) is 9.56. The first-order chi connectivity index (χ1) is 25.1. The Labute approximate surface area is 297 Å². The van der Waals surface area contributed by atoms with E-state index in [1.165, 1.54) is 109 Å². The highest BCUT2D eigenvalue weighted by molar-refractivity contribution is 6.23. The fraction of sp³-hybridized carbons (Fsp3) is 0.0588. The lowest BCUT2D eigenvalue weighted by atomic mass is 9.79. The van der Waals surface area contributed by atoms with Crippen molar-refractivity contribution in [2.75, 3.05) is 0 Å². The molecule has 0 heteroatoms. The van der Waals surface area contributed by atoms with Crippen molar-refractivity contribution in [3.8, 4) is 33.4 Å². The molecule has 0 fully saturated rings. The van der Waals surface area contributed by atoms with E-state index < -0.39 is 0 Å². The molecule has 0 atom stereocenters. The zero-order chi connectivity index (χ0) is 33.8. The number of hydrogen-bond donors (Lipinski definition) is 0. The smallest absolute Gasteiger partial charge is 0.0165 e. The largest absolute Gasteiger partial charge is 0.0616 e. The van der Waals surface area contributed by atoms with Gasteiger partial charge in [0, 0.05) is 5.41 Å². The fourth-order valence-electron chi connectivity index (χ4n) is 9.56. The van der Waals surface area contributed by atoms with E-state index in [1.807, 2.05) is 0 Å². The van der Waals surface area contributed by atoms with Gasteiger partial charge in [0.25, 0.3) is 0 Å². The van der Waals surface area contributed by atoms with E-state index in [-0.39, 0.29) is 5.41 Å². The van der Waals surface area contributed by atoms with Crippen molar-refractivity contribution in [2.45, 2.75) is 19.3 Å². The summed E-state index contributed by atoms with van der Waals surface area (Å²) in [5.74, 6) is 0. The van der Waals surface area contributed by atoms with Gasteiger partial charge in [0.05, 0.1) is 0 Å². The third kappa shape index (κ3) is 3.91. The van der Waals surface area contributed by atoms with Crippen LogP contribution >= 0.6 is 0 Å². The van der Waals surface area contributed by atoms with Gasteiger partial charge in [-0.2, -0.15) is 0 Å². The SMILES string of the molecule is CC1(C)c2ccc(-c3c4ccccc4c(-c4ccc5ccc6ccccc6c5c4)c4ccccc34)cc2-c2c1c1ccccc1c1ccccc21. The van der Waals surface area contributed by atoms with Crippen LogP contribution in [-0.4, -0.2) is 0 Å². The molecule has 0 aromatic heterocycles. The quantitative estimate of drug-likeness (QED) is 0.129. The minimum Gasteiger partial charge on any atom is -0.0616 e. The van der Waals surface area contributed by atoms with Crippen molar-refractivity contribution < 1.29 is 0 Å². The molecular formula is C51H34. The first-order valence-corrected chi connectivity index (χ1v) is 18.0. The van der Waals surface area contributed by atoms with Crippen molar-refractivity contribution in [1.82, 2.24) is 0 Å². The normalized spacial score (nSPS) is 13.5. The van der Waals surface area contributed by atoms with E-state index >= 15 is 0 Å². The van der Waals surface area contributed by atoms with Crippen molar-refractivity contribution >= 4 is 64.6 Å². The molecule has 10 aromatic rings. The number of benzene rings is 10. The molecule has 0 saturated heterocycles. The lowest BCUT2D eigenvalue weighted by Gasteiger charge is -2.24. The van der Waals surface area contributed by atoms with Crippen LogP contribution in [0.25, 0.3) is 98.0 Å². The maximum atomic E-state index is 2.50. The van der Waals surface area contributed by atoms with Crippen LogP contribution in [0.15, 0.2) is 170 Å². The van der Waals surface area contributed by atoms with Crippen LogP contribution in [0.1, 0.15) is 25.0 Å². The second-order valence-corrected chi connectivity index (χ2v) is 14.8. The van der Waals surface area contributed by atoms with Gasteiger partial charge in [0.2, 0.25) is 0 Å². The van der Waals surface area contributed by atoms with Gasteiger partial charge in [-0.15, -0.1) is 0 Å². The highest BCUT2D eigenvalue weighted by Gasteiger charge is 2.38. The number of hydrogen-bond acceptors (Lipinski definition) is 0. The molecule has 10 aromatic carbocycles. The summed E-state index contributed by atoms with van der Waals surface area (Å²) in [7, 11) is 0. The van der Waals surface area contributed by atoms with Crippen molar-refractivity contribution in [3.63, 3.8) is 0 Å². The Morgan fingerprint density at radius 3 is 1.33 bits per heavy atom. The molecule has 0 unspecified atom stereocenters. The minimum atomic E-state index is -0.124. The summed E-state index contributed by atoms with van der Waals surface area (Å²) in [5.41, 5.74) is 10.6. The maximum Gasteiger partial charge on any atom is 0.0165 e. The molecule has 1 aliphatic rings. The van der Waals surface area contributed by atoms with E-state index in [1.54, 1.807) is 0 Å². The standard InChI is InChI=1S/C51H34/c1-51(2)46-28-27-34(30-45(46)49-38-17-7-5-15-36(38)37-16-6-12-22-43(37)50(49)51)48-41-20-10-8-18-39(41)47(40-19-9-11-21-42(40)48)33-26-25-32-24-23-31-13-3-4-14-35(31)44(32)29-33/h3-30H,1-2H3. The Morgan fingerprint density at radius 1 is 0.314 bits per heavy atom. The summed E-state index contributed by atoms with van der Waals surface area (Å²) in [6.45, 7) is 4.82. The average molecular weight is 647 g/mol. The molecule has 0 N–H and O–H groups in total. The summed E-state index contributed by atoms with van der Waals surface area (Å²) in [5, 5.41) is 15.6. The van der Waals surface area contributed by atoms with E-state index in [0.717, 1.165) is 0 Å². The molecule has 0 heterocycles. The molecule has 238 valence electrons. The van der Waals surface area contributed by atoms with E-state index in [0.29, 0.717) is 0 Å². The van der Waals surface area contributed by atoms with Crippen LogP contribution in [0, 0.1) is 0 Å².